The van der Waals surface area contributed by atoms with Gasteiger partial charge in [0.1, 0.15) is 0 Å². The SMILES string of the molecule is c1csc(-c2ccc3ccccc3c2-c2c(-c3cccs3)ccc3ccccc23)c1. The summed E-state index contributed by atoms with van der Waals surface area (Å²) >= 11 is 3.61. The first-order valence-electron chi connectivity index (χ1n) is 10.0. The van der Waals surface area contributed by atoms with E-state index in [9.17, 15) is 0 Å². The molecule has 2 aromatic heterocycles. The van der Waals surface area contributed by atoms with Crippen molar-refractivity contribution in [1.82, 2.24) is 0 Å². The van der Waals surface area contributed by atoms with Crippen LogP contribution in [0.1, 0.15) is 0 Å². The van der Waals surface area contributed by atoms with Gasteiger partial charge in [0.05, 0.1) is 0 Å². The van der Waals surface area contributed by atoms with Gasteiger partial charge in [-0.05, 0) is 55.6 Å². The molecule has 6 rings (SSSR count). The molecular weight excluding hydrogens is 400 g/mol. The van der Waals surface area contributed by atoms with Gasteiger partial charge in [-0.3, -0.25) is 0 Å². The quantitative estimate of drug-likeness (QED) is 0.269. The number of fused-ring (bicyclic) bond motifs is 2. The third-order valence-electron chi connectivity index (χ3n) is 5.68. The Morgan fingerprint density at radius 1 is 0.400 bits per heavy atom. The smallest absolute Gasteiger partial charge is 0.0349 e. The Kier molecular flexibility index (Phi) is 4.26. The molecule has 30 heavy (non-hydrogen) atoms. The first kappa shape index (κ1) is 17.6. The van der Waals surface area contributed by atoms with Gasteiger partial charge in [-0.25, -0.2) is 0 Å². The van der Waals surface area contributed by atoms with Crippen LogP contribution in [0.2, 0.25) is 0 Å². The maximum absolute atomic E-state index is 2.30. The highest BCUT2D eigenvalue weighted by molar-refractivity contribution is 7.14. The first-order valence-corrected chi connectivity index (χ1v) is 11.8. The number of hydrogen-bond donors (Lipinski definition) is 0. The molecule has 0 radical (unpaired) electrons. The topological polar surface area (TPSA) is 0 Å². The second-order valence-corrected chi connectivity index (χ2v) is 9.27. The maximum atomic E-state index is 2.30. The largest absolute Gasteiger partial charge is 0.144 e. The molecule has 0 amide bonds. The molecule has 0 nitrogen and oxygen atoms in total. The molecule has 0 bridgehead atoms. The summed E-state index contributed by atoms with van der Waals surface area (Å²) in [6.07, 6.45) is 0. The molecule has 0 unspecified atom stereocenters. The Morgan fingerprint density at radius 2 is 0.867 bits per heavy atom. The molecule has 0 fully saturated rings. The highest BCUT2D eigenvalue weighted by atomic mass is 32.1. The lowest BCUT2D eigenvalue weighted by atomic mass is 9.86. The van der Waals surface area contributed by atoms with E-state index >= 15 is 0 Å². The summed E-state index contributed by atoms with van der Waals surface area (Å²) in [6.45, 7) is 0. The van der Waals surface area contributed by atoms with Crippen LogP contribution in [-0.2, 0) is 0 Å². The van der Waals surface area contributed by atoms with Crippen LogP contribution in [0.5, 0.6) is 0 Å². The second kappa shape index (κ2) is 7.24. The van der Waals surface area contributed by atoms with E-state index in [1.54, 1.807) is 22.7 Å². The summed E-state index contributed by atoms with van der Waals surface area (Å²) in [4.78, 5) is 2.61. The summed E-state index contributed by atoms with van der Waals surface area (Å²) in [5.74, 6) is 0. The van der Waals surface area contributed by atoms with Crippen molar-refractivity contribution in [3.63, 3.8) is 0 Å². The fourth-order valence-electron chi connectivity index (χ4n) is 4.36. The Balaban J connectivity index is 1.83. The molecule has 0 aliphatic rings. The minimum atomic E-state index is 1.28. The van der Waals surface area contributed by atoms with E-state index in [1.165, 1.54) is 53.6 Å². The van der Waals surface area contributed by atoms with Crippen molar-refractivity contribution in [2.45, 2.75) is 0 Å². The molecule has 0 spiro atoms. The van der Waals surface area contributed by atoms with Crippen LogP contribution in [0.15, 0.2) is 108 Å². The van der Waals surface area contributed by atoms with Crippen LogP contribution in [0.25, 0.3) is 53.6 Å². The fraction of sp³-hybridized carbons (Fsp3) is 0. The minimum absolute atomic E-state index is 1.28. The molecule has 0 saturated carbocycles. The zero-order valence-corrected chi connectivity index (χ0v) is 17.8. The highest BCUT2D eigenvalue weighted by Gasteiger charge is 2.19. The highest BCUT2D eigenvalue weighted by Crippen LogP contribution is 2.47. The zero-order valence-electron chi connectivity index (χ0n) is 16.2. The Bertz CT molecular complexity index is 1360. The van der Waals surface area contributed by atoms with Crippen LogP contribution < -0.4 is 0 Å². The third-order valence-corrected chi connectivity index (χ3v) is 7.49. The summed E-state index contributed by atoms with van der Waals surface area (Å²) in [5.41, 5.74) is 5.27. The van der Waals surface area contributed by atoms with Crippen LogP contribution in [0, 0.1) is 0 Å². The van der Waals surface area contributed by atoms with Crippen molar-refractivity contribution in [2.75, 3.05) is 0 Å². The molecule has 0 aliphatic carbocycles. The van der Waals surface area contributed by atoms with E-state index < -0.39 is 0 Å². The molecule has 2 heteroatoms. The minimum Gasteiger partial charge on any atom is -0.144 e. The number of rotatable bonds is 3. The predicted molar refractivity (Wildman–Crippen MR) is 134 cm³/mol. The Hall–Kier alpha value is -3.20. The molecule has 0 N–H and O–H groups in total. The average Bonchev–Trinajstić information content (AvgIpc) is 3.52. The molecule has 4 aromatic carbocycles. The third kappa shape index (κ3) is 2.80. The molecule has 6 aromatic rings. The summed E-state index contributed by atoms with van der Waals surface area (Å²) in [6, 6.07) is 35.4. The van der Waals surface area contributed by atoms with Crippen molar-refractivity contribution in [2.24, 2.45) is 0 Å². The van der Waals surface area contributed by atoms with E-state index in [2.05, 4.69) is 108 Å². The van der Waals surface area contributed by atoms with Gasteiger partial charge in [0.25, 0.3) is 0 Å². The van der Waals surface area contributed by atoms with Crippen LogP contribution in [0.4, 0.5) is 0 Å². The second-order valence-electron chi connectivity index (χ2n) is 7.37. The number of benzene rings is 4. The molecule has 2 heterocycles. The standard InChI is InChI=1S/C28H18S2/c1-3-9-21-19(7-1)13-15-23(25-11-5-17-29-25)27(21)28-22-10-4-2-8-20(22)14-16-24(28)26-12-6-18-30-26/h1-18H. The van der Waals surface area contributed by atoms with Gasteiger partial charge in [-0.2, -0.15) is 0 Å². The van der Waals surface area contributed by atoms with Crippen LogP contribution in [0.3, 0.4) is 0 Å². The van der Waals surface area contributed by atoms with Crippen molar-refractivity contribution >= 4 is 44.2 Å². The molecule has 0 aliphatic heterocycles. The van der Waals surface area contributed by atoms with E-state index in [1.807, 2.05) is 0 Å². The van der Waals surface area contributed by atoms with Gasteiger partial charge < -0.3 is 0 Å². The lowest BCUT2D eigenvalue weighted by Gasteiger charge is -2.18. The monoisotopic (exact) mass is 418 g/mol. The van der Waals surface area contributed by atoms with Gasteiger partial charge in [0, 0.05) is 20.9 Å². The zero-order chi connectivity index (χ0) is 19.9. The maximum Gasteiger partial charge on any atom is 0.0349 e. The van der Waals surface area contributed by atoms with Crippen molar-refractivity contribution in [3.05, 3.63) is 108 Å². The fourth-order valence-corrected chi connectivity index (χ4v) is 5.87. The predicted octanol–water partition coefficient (Wildman–Crippen LogP) is 9.12. The van der Waals surface area contributed by atoms with Gasteiger partial charge in [-0.1, -0.05) is 84.9 Å². The van der Waals surface area contributed by atoms with Gasteiger partial charge in [0.15, 0.2) is 0 Å². The van der Waals surface area contributed by atoms with Crippen molar-refractivity contribution < 1.29 is 0 Å². The van der Waals surface area contributed by atoms with E-state index in [4.69, 9.17) is 0 Å². The summed E-state index contributed by atoms with van der Waals surface area (Å²) in [5, 5.41) is 9.49. The normalized spacial score (nSPS) is 11.3. The van der Waals surface area contributed by atoms with Crippen LogP contribution in [-0.4, -0.2) is 0 Å². The average molecular weight is 419 g/mol. The van der Waals surface area contributed by atoms with E-state index in [-0.39, 0.29) is 0 Å². The van der Waals surface area contributed by atoms with Crippen molar-refractivity contribution in [1.29, 1.82) is 0 Å². The van der Waals surface area contributed by atoms with Crippen molar-refractivity contribution in [3.8, 4) is 32.0 Å². The van der Waals surface area contributed by atoms with Crippen LogP contribution >= 0.6 is 22.7 Å². The molecule has 142 valence electrons. The lowest BCUT2D eigenvalue weighted by Crippen LogP contribution is -1.91. The Labute approximate surface area is 183 Å². The lowest BCUT2D eigenvalue weighted by molar-refractivity contribution is 1.67. The van der Waals surface area contributed by atoms with Gasteiger partial charge >= 0.3 is 0 Å². The van der Waals surface area contributed by atoms with E-state index in [0.29, 0.717) is 0 Å². The first-order chi connectivity index (χ1) is 14.9. The number of thiophene rings is 2. The molecule has 0 atom stereocenters. The number of hydrogen-bond acceptors (Lipinski definition) is 2. The molecular formula is C28H18S2. The summed E-state index contributed by atoms with van der Waals surface area (Å²) in [7, 11) is 0. The van der Waals surface area contributed by atoms with Gasteiger partial charge in [0.2, 0.25) is 0 Å². The summed E-state index contributed by atoms with van der Waals surface area (Å²) < 4.78 is 0. The molecule has 0 saturated heterocycles. The van der Waals surface area contributed by atoms with E-state index in [0.717, 1.165) is 0 Å². The Morgan fingerprint density at radius 3 is 1.30 bits per heavy atom. The van der Waals surface area contributed by atoms with Gasteiger partial charge in [-0.15, -0.1) is 22.7 Å².